The minimum Gasteiger partial charge on any atom is -0.461 e. The Morgan fingerprint density at radius 2 is 0.982 bits per heavy atom. The van der Waals surface area contributed by atoms with Crippen LogP contribution in [0.4, 0.5) is 0 Å². The van der Waals surface area contributed by atoms with Crippen LogP contribution in [-0.2, 0) is 5.41 Å². The van der Waals surface area contributed by atoms with E-state index in [1.54, 1.807) is 0 Å². The average molecular weight is 717 g/mol. The first-order valence-corrected chi connectivity index (χ1v) is 19.3. The van der Waals surface area contributed by atoms with Crippen LogP contribution in [0.3, 0.4) is 0 Å². The molecule has 8 aromatic rings. The van der Waals surface area contributed by atoms with Crippen LogP contribution in [0.15, 0.2) is 206 Å². The van der Waals surface area contributed by atoms with E-state index >= 15 is 0 Å². The molecule has 0 saturated carbocycles. The Morgan fingerprint density at radius 1 is 0.446 bits per heavy atom. The summed E-state index contributed by atoms with van der Waals surface area (Å²) in [6, 6.07) is 64.9. The third kappa shape index (κ3) is 5.05. The molecule has 0 radical (unpaired) electrons. The van der Waals surface area contributed by atoms with E-state index in [9.17, 15) is 0 Å². The first-order valence-electron chi connectivity index (χ1n) is 19.3. The molecule has 2 heterocycles. The summed E-state index contributed by atoms with van der Waals surface area (Å²) in [5.74, 6) is 2.82. The predicted molar refractivity (Wildman–Crippen MR) is 227 cm³/mol. The van der Waals surface area contributed by atoms with Gasteiger partial charge in [0.25, 0.3) is 0 Å². The Morgan fingerprint density at radius 3 is 1.62 bits per heavy atom. The van der Waals surface area contributed by atoms with Gasteiger partial charge in [0.05, 0.1) is 16.8 Å². The van der Waals surface area contributed by atoms with Crippen LogP contribution in [0, 0.1) is 5.92 Å². The van der Waals surface area contributed by atoms with E-state index in [1.807, 2.05) is 12.1 Å². The Balaban J connectivity index is 1.02. The van der Waals surface area contributed by atoms with E-state index in [2.05, 4.69) is 188 Å². The highest BCUT2D eigenvalue weighted by Gasteiger charge is 2.55. The lowest BCUT2D eigenvalue weighted by Gasteiger charge is -2.46. The molecular formula is C53H36N2O. The Bertz CT molecular complexity index is 2750. The molecule has 11 rings (SSSR count). The van der Waals surface area contributed by atoms with Gasteiger partial charge in [-0.25, -0.2) is 9.97 Å². The number of rotatable bonds is 5. The number of hydrogen-bond acceptors (Lipinski definition) is 3. The second-order valence-electron chi connectivity index (χ2n) is 14.8. The maximum atomic E-state index is 6.75. The normalized spacial score (nSPS) is 15.6. The van der Waals surface area contributed by atoms with Crippen molar-refractivity contribution in [3.63, 3.8) is 0 Å². The third-order valence-electron chi connectivity index (χ3n) is 11.8. The fourth-order valence-electron chi connectivity index (χ4n) is 9.31. The van der Waals surface area contributed by atoms with Crippen LogP contribution in [0.25, 0.3) is 67.3 Å². The molecule has 56 heavy (non-hydrogen) atoms. The van der Waals surface area contributed by atoms with Gasteiger partial charge in [0.15, 0.2) is 5.82 Å². The standard InChI is InChI=1S/C53H36N2O/c1-3-15-37(16-4-1)48-34-49(38-17-5-2-6-18-38)55-52(54-48)43-22-8-7-19-40(43)36-29-27-35(28-30-36)39-31-32-51-47(33-39)53(46-25-13-14-26-50(46)56-51)44-23-11-9-20-41(44)42-21-10-12-24-45(42)53/h1-24,26-34,46H,25H2. The van der Waals surface area contributed by atoms with Crippen molar-refractivity contribution in [1.82, 2.24) is 9.97 Å². The molecule has 1 atom stereocenters. The van der Waals surface area contributed by atoms with Crippen LogP contribution in [0.5, 0.6) is 5.75 Å². The fourth-order valence-corrected chi connectivity index (χ4v) is 9.31. The molecular weight excluding hydrogens is 681 g/mol. The van der Waals surface area contributed by atoms with E-state index < -0.39 is 0 Å². The highest BCUT2D eigenvalue weighted by molar-refractivity contribution is 5.87. The highest BCUT2D eigenvalue weighted by atomic mass is 16.5. The molecule has 1 unspecified atom stereocenters. The van der Waals surface area contributed by atoms with Gasteiger partial charge in [0.1, 0.15) is 11.5 Å². The summed E-state index contributed by atoms with van der Waals surface area (Å²) in [5.41, 5.74) is 15.6. The van der Waals surface area contributed by atoms with Crippen molar-refractivity contribution in [2.24, 2.45) is 5.92 Å². The zero-order chi connectivity index (χ0) is 37.1. The Kier molecular flexibility index (Phi) is 7.53. The maximum absolute atomic E-state index is 6.75. The summed E-state index contributed by atoms with van der Waals surface area (Å²) in [5, 5.41) is 0. The first-order chi connectivity index (χ1) is 27.8. The highest BCUT2D eigenvalue weighted by Crippen LogP contribution is 2.63. The van der Waals surface area contributed by atoms with Gasteiger partial charge in [0.2, 0.25) is 0 Å². The van der Waals surface area contributed by atoms with Gasteiger partial charge in [-0.1, -0.05) is 176 Å². The number of benzene rings is 7. The molecule has 0 saturated heterocycles. The van der Waals surface area contributed by atoms with Gasteiger partial charge in [-0.3, -0.25) is 0 Å². The van der Waals surface area contributed by atoms with Gasteiger partial charge >= 0.3 is 0 Å². The molecule has 3 aliphatic rings. The molecule has 3 heteroatoms. The minimum absolute atomic E-state index is 0.156. The lowest BCUT2D eigenvalue weighted by atomic mass is 9.60. The van der Waals surface area contributed by atoms with Crippen molar-refractivity contribution < 1.29 is 4.74 Å². The van der Waals surface area contributed by atoms with Crippen molar-refractivity contribution in [3.05, 3.63) is 223 Å². The Hall–Kier alpha value is -7.10. The fraction of sp³-hybridized carbons (Fsp3) is 0.0566. The van der Waals surface area contributed by atoms with E-state index in [1.165, 1.54) is 33.4 Å². The van der Waals surface area contributed by atoms with Gasteiger partial charge in [-0.05, 0) is 75.2 Å². The van der Waals surface area contributed by atoms with E-state index in [-0.39, 0.29) is 11.3 Å². The SMILES string of the molecule is C1=CCC2C(=C1)Oc1ccc(-c3ccc(-c4ccccc4-c4nc(-c5ccccc5)cc(-c5ccccc5)n4)cc3)cc1C21c2ccccc2-c2ccccc21. The van der Waals surface area contributed by atoms with E-state index in [0.29, 0.717) is 5.82 Å². The summed E-state index contributed by atoms with van der Waals surface area (Å²) in [6.45, 7) is 0. The van der Waals surface area contributed by atoms with Crippen LogP contribution < -0.4 is 4.74 Å². The molecule has 0 fully saturated rings. The topological polar surface area (TPSA) is 35.0 Å². The molecule has 2 aliphatic carbocycles. The quantitative estimate of drug-likeness (QED) is 0.178. The van der Waals surface area contributed by atoms with Crippen LogP contribution in [0.1, 0.15) is 23.1 Å². The number of hydrogen-bond donors (Lipinski definition) is 0. The molecule has 0 N–H and O–H groups in total. The van der Waals surface area contributed by atoms with Gasteiger partial charge < -0.3 is 4.74 Å². The van der Waals surface area contributed by atoms with E-state index in [0.717, 1.165) is 62.7 Å². The zero-order valence-electron chi connectivity index (χ0n) is 30.6. The van der Waals surface area contributed by atoms with Crippen molar-refractivity contribution in [2.75, 3.05) is 0 Å². The summed E-state index contributed by atoms with van der Waals surface area (Å²) in [7, 11) is 0. The number of nitrogens with zero attached hydrogens (tertiary/aromatic N) is 2. The monoisotopic (exact) mass is 716 g/mol. The molecule has 7 aromatic carbocycles. The van der Waals surface area contributed by atoms with Crippen LogP contribution in [0.2, 0.25) is 0 Å². The zero-order valence-corrected chi connectivity index (χ0v) is 30.6. The largest absolute Gasteiger partial charge is 0.461 e. The molecule has 1 spiro atoms. The summed E-state index contributed by atoms with van der Waals surface area (Å²) < 4.78 is 6.75. The maximum Gasteiger partial charge on any atom is 0.161 e. The van der Waals surface area contributed by atoms with Crippen molar-refractivity contribution in [3.8, 4) is 73.0 Å². The second-order valence-corrected chi connectivity index (χ2v) is 14.8. The lowest BCUT2D eigenvalue weighted by Crippen LogP contribution is -2.42. The molecule has 0 amide bonds. The number of fused-ring (bicyclic) bond motifs is 9. The van der Waals surface area contributed by atoms with Gasteiger partial charge in [-0.15, -0.1) is 0 Å². The Labute approximate surface area is 327 Å². The summed E-state index contributed by atoms with van der Waals surface area (Å²) in [6.07, 6.45) is 7.51. The lowest BCUT2D eigenvalue weighted by molar-refractivity contribution is 0.253. The second kappa shape index (κ2) is 13.0. The smallest absolute Gasteiger partial charge is 0.161 e. The van der Waals surface area contributed by atoms with Crippen LogP contribution in [-0.4, -0.2) is 9.97 Å². The number of allylic oxidation sites excluding steroid dienone is 4. The molecule has 264 valence electrons. The van der Waals surface area contributed by atoms with Gasteiger partial charge in [0, 0.05) is 28.2 Å². The molecule has 1 aromatic heterocycles. The first kappa shape index (κ1) is 32.3. The summed E-state index contributed by atoms with van der Waals surface area (Å²) in [4.78, 5) is 10.3. The molecule has 1 aliphatic heterocycles. The molecule has 0 bridgehead atoms. The molecule has 3 nitrogen and oxygen atoms in total. The van der Waals surface area contributed by atoms with Gasteiger partial charge in [-0.2, -0.15) is 0 Å². The average Bonchev–Trinajstić information content (AvgIpc) is 3.57. The van der Waals surface area contributed by atoms with Crippen molar-refractivity contribution in [1.29, 1.82) is 0 Å². The third-order valence-corrected chi connectivity index (χ3v) is 11.8. The summed E-state index contributed by atoms with van der Waals surface area (Å²) >= 11 is 0. The van der Waals surface area contributed by atoms with Crippen molar-refractivity contribution in [2.45, 2.75) is 11.8 Å². The van der Waals surface area contributed by atoms with Crippen molar-refractivity contribution >= 4 is 0 Å². The minimum atomic E-state index is -0.362. The van der Waals surface area contributed by atoms with Crippen LogP contribution >= 0.6 is 0 Å². The number of aromatic nitrogens is 2. The predicted octanol–water partition coefficient (Wildman–Crippen LogP) is 13.0. The number of ether oxygens (including phenoxy) is 1. The van der Waals surface area contributed by atoms with E-state index in [4.69, 9.17) is 14.7 Å².